The van der Waals surface area contributed by atoms with Crippen molar-refractivity contribution in [1.82, 2.24) is 0 Å². The Labute approximate surface area is 88.0 Å². The quantitative estimate of drug-likeness (QED) is 0.569. The van der Waals surface area contributed by atoms with E-state index in [-0.39, 0.29) is 17.5 Å². The van der Waals surface area contributed by atoms with Crippen LogP contribution in [0.15, 0.2) is 12.1 Å². The Morgan fingerprint density at radius 3 is 2.47 bits per heavy atom. The van der Waals surface area contributed by atoms with Crippen molar-refractivity contribution in [3.63, 3.8) is 0 Å². The highest BCUT2D eigenvalue weighted by Crippen LogP contribution is 2.43. The normalized spacial score (nSPS) is 17.7. The monoisotopic (exact) mass is 209 g/mol. The molecule has 1 atom stereocenters. The zero-order valence-corrected chi connectivity index (χ0v) is 8.35. The fraction of sp³-hybridized carbons (Fsp3) is 0.455. The lowest BCUT2D eigenvalue weighted by atomic mass is 10.0. The molecule has 0 amide bonds. The molecule has 1 aliphatic rings. The van der Waals surface area contributed by atoms with Gasteiger partial charge in [0, 0.05) is 11.6 Å². The Hall–Kier alpha value is -1.42. The topological polar surface area (TPSA) is 86.7 Å². The maximum Gasteiger partial charge on any atom is 0.200 e. The molecule has 1 aromatic carbocycles. The fourth-order valence-corrected chi connectivity index (χ4v) is 1.72. The van der Waals surface area contributed by atoms with Gasteiger partial charge in [-0.05, 0) is 24.5 Å². The highest BCUT2D eigenvalue weighted by Gasteiger charge is 2.26. The molecule has 4 heteroatoms. The largest absolute Gasteiger partial charge is 0.504 e. The molecular formula is C11H15NO3. The van der Waals surface area contributed by atoms with Crippen LogP contribution in [0.2, 0.25) is 0 Å². The van der Waals surface area contributed by atoms with Gasteiger partial charge in [0.25, 0.3) is 0 Å². The van der Waals surface area contributed by atoms with E-state index in [0.717, 1.165) is 6.42 Å². The smallest absolute Gasteiger partial charge is 0.200 e. The van der Waals surface area contributed by atoms with Crippen molar-refractivity contribution in [2.24, 2.45) is 11.7 Å². The number of hydrogen-bond acceptors (Lipinski definition) is 4. The van der Waals surface area contributed by atoms with Gasteiger partial charge in [-0.2, -0.15) is 0 Å². The van der Waals surface area contributed by atoms with Crippen LogP contribution in [0.4, 0.5) is 0 Å². The molecule has 0 radical (unpaired) electrons. The van der Waals surface area contributed by atoms with Gasteiger partial charge in [0.1, 0.15) is 0 Å². The van der Waals surface area contributed by atoms with Crippen LogP contribution in [0.5, 0.6) is 17.2 Å². The molecule has 0 spiro atoms. The van der Waals surface area contributed by atoms with Gasteiger partial charge in [-0.15, -0.1) is 0 Å². The lowest BCUT2D eigenvalue weighted by Crippen LogP contribution is -2.11. The zero-order chi connectivity index (χ0) is 11.0. The van der Waals surface area contributed by atoms with E-state index >= 15 is 0 Å². The highest BCUT2D eigenvalue weighted by molar-refractivity contribution is 5.54. The first-order valence-corrected chi connectivity index (χ1v) is 5.09. The first-order chi connectivity index (χ1) is 7.09. The fourth-order valence-electron chi connectivity index (χ4n) is 1.72. The van der Waals surface area contributed by atoms with Crippen LogP contribution in [0.3, 0.4) is 0 Å². The van der Waals surface area contributed by atoms with Crippen molar-refractivity contribution < 1.29 is 15.3 Å². The summed E-state index contributed by atoms with van der Waals surface area (Å²) in [5.74, 6) is -0.466. The van der Waals surface area contributed by atoms with Gasteiger partial charge in [-0.1, -0.05) is 12.8 Å². The Morgan fingerprint density at radius 1 is 1.20 bits per heavy atom. The van der Waals surface area contributed by atoms with Crippen molar-refractivity contribution in [3.05, 3.63) is 17.7 Å². The van der Waals surface area contributed by atoms with E-state index in [9.17, 15) is 10.2 Å². The van der Waals surface area contributed by atoms with Crippen LogP contribution in [-0.4, -0.2) is 15.3 Å². The summed E-state index contributed by atoms with van der Waals surface area (Å²) in [5.41, 5.74) is 6.40. The second-order valence-corrected chi connectivity index (χ2v) is 4.16. The molecule has 1 aromatic rings. The minimum absolute atomic E-state index is 0.274. The molecule has 0 heterocycles. The van der Waals surface area contributed by atoms with Crippen LogP contribution < -0.4 is 5.73 Å². The van der Waals surface area contributed by atoms with Gasteiger partial charge in [0.15, 0.2) is 11.5 Å². The summed E-state index contributed by atoms with van der Waals surface area (Å²) in [7, 11) is 0. The summed E-state index contributed by atoms with van der Waals surface area (Å²) in [6.07, 6.45) is 3.20. The van der Waals surface area contributed by atoms with Crippen molar-refractivity contribution >= 4 is 0 Å². The third-order valence-corrected chi connectivity index (χ3v) is 2.84. The van der Waals surface area contributed by atoms with Gasteiger partial charge in [0.05, 0.1) is 0 Å². The maximum atomic E-state index is 9.59. The Morgan fingerprint density at radius 2 is 1.87 bits per heavy atom. The van der Waals surface area contributed by atoms with Gasteiger partial charge < -0.3 is 21.1 Å². The predicted octanol–water partition coefficient (Wildman–Crippen LogP) is 1.60. The first-order valence-electron chi connectivity index (χ1n) is 5.09. The molecule has 0 bridgehead atoms. The summed E-state index contributed by atoms with van der Waals surface area (Å²) < 4.78 is 0. The third-order valence-electron chi connectivity index (χ3n) is 2.84. The van der Waals surface area contributed by atoms with Gasteiger partial charge in [0.2, 0.25) is 5.75 Å². The number of benzene rings is 1. The van der Waals surface area contributed by atoms with Crippen molar-refractivity contribution in [1.29, 1.82) is 0 Å². The van der Waals surface area contributed by atoms with Crippen LogP contribution in [0.25, 0.3) is 0 Å². The van der Waals surface area contributed by atoms with Gasteiger partial charge in [-0.25, -0.2) is 0 Å². The lowest BCUT2D eigenvalue weighted by molar-refractivity contribution is 0.361. The Balaban J connectivity index is 2.22. The molecule has 0 aliphatic heterocycles. The second-order valence-electron chi connectivity index (χ2n) is 4.16. The first kappa shape index (κ1) is 10.1. The second kappa shape index (κ2) is 3.62. The summed E-state index contributed by atoms with van der Waals surface area (Å²) in [6.45, 7) is 0. The minimum atomic E-state index is -0.487. The van der Waals surface area contributed by atoms with E-state index < -0.39 is 5.75 Å². The molecule has 2 rings (SSSR count). The van der Waals surface area contributed by atoms with E-state index in [1.165, 1.54) is 18.9 Å². The van der Waals surface area contributed by atoms with Crippen LogP contribution in [0.1, 0.15) is 30.9 Å². The van der Waals surface area contributed by atoms with Crippen molar-refractivity contribution in [2.75, 3.05) is 0 Å². The van der Waals surface area contributed by atoms with E-state index in [1.54, 1.807) is 6.07 Å². The lowest BCUT2D eigenvalue weighted by Gasteiger charge is -2.14. The summed E-state index contributed by atoms with van der Waals surface area (Å²) in [6, 6.07) is 2.62. The maximum absolute atomic E-state index is 9.59. The van der Waals surface area contributed by atoms with Crippen molar-refractivity contribution in [3.8, 4) is 17.2 Å². The van der Waals surface area contributed by atoms with E-state index in [1.807, 2.05) is 0 Å². The number of rotatable bonds is 3. The van der Waals surface area contributed by atoms with Crippen LogP contribution in [0, 0.1) is 5.92 Å². The van der Waals surface area contributed by atoms with E-state index in [0.29, 0.717) is 11.5 Å². The van der Waals surface area contributed by atoms with E-state index in [2.05, 4.69) is 0 Å². The molecule has 0 unspecified atom stereocenters. The highest BCUT2D eigenvalue weighted by atomic mass is 16.3. The molecule has 15 heavy (non-hydrogen) atoms. The van der Waals surface area contributed by atoms with Crippen LogP contribution >= 0.6 is 0 Å². The van der Waals surface area contributed by atoms with Gasteiger partial charge >= 0.3 is 0 Å². The summed E-state index contributed by atoms with van der Waals surface area (Å²) in [4.78, 5) is 0. The SMILES string of the molecule is N[C@@H](CC1CC1)c1ccc(O)c(O)c1O. The standard InChI is InChI=1S/C11H15NO3/c12-8(5-6-1-2-6)7-3-4-9(13)11(15)10(7)14/h3-4,6,8,13-15H,1-2,5,12H2/t8-/m0/s1. The minimum Gasteiger partial charge on any atom is -0.504 e. The molecule has 1 saturated carbocycles. The number of nitrogens with two attached hydrogens (primary N) is 1. The van der Waals surface area contributed by atoms with E-state index in [4.69, 9.17) is 10.8 Å². The van der Waals surface area contributed by atoms with Crippen LogP contribution in [-0.2, 0) is 0 Å². The average molecular weight is 209 g/mol. The van der Waals surface area contributed by atoms with Crippen molar-refractivity contribution in [2.45, 2.75) is 25.3 Å². The predicted molar refractivity (Wildman–Crippen MR) is 55.7 cm³/mol. The molecule has 1 aliphatic carbocycles. The Kier molecular flexibility index (Phi) is 2.44. The summed E-state index contributed by atoms with van der Waals surface area (Å²) >= 11 is 0. The third kappa shape index (κ3) is 1.99. The molecular weight excluding hydrogens is 194 g/mol. The molecule has 4 nitrogen and oxygen atoms in total. The molecule has 0 aromatic heterocycles. The number of hydrogen-bond donors (Lipinski definition) is 4. The number of phenols is 3. The van der Waals surface area contributed by atoms with Gasteiger partial charge in [-0.3, -0.25) is 0 Å². The number of aromatic hydroxyl groups is 3. The molecule has 0 saturated heterocycles. The Bertz CT molecular complexity index is 374. The molecule has 1 fully saturated rings. The molecule has 5 N–H and O–H groups in total. The molecule has 82 valence electrons. The summed E-state index contributed by atoms with van der Waals surface area (Å²) in [5, 5.41) is 28.1. The zero-order valence-electron chi connectivity index (χ0n) is 8.35. The average Bonchev–Trinajstić information content (AvgIpc) is 2.98. The number of phenolic OH excluding ortho intramolecular Hbond substituents is 3.